The molecule has 1 fully saturated rings. The Balaban J connectivity index is 2.45. The number of nitrogens with zero attached hydrogens (tertiary/aromatic N) is 1. The van der Waals surface area contributed by atoms with Crippen molar-refractivity contribution < 1.29 is 52.4 Å². The number of rotatable bonds is 9. The van der Waals surface area contributed by atoms with Gasteiger partial charge in [-0.2, -0.15) is 0 Å². The van der Waals surface area contributed by atoms with Crippen LogP contribution in [0.4, 0.5) is 0 Å². The number of amides is 1. The van der Waals surface area contributed by atoms with E-state index in [1.807, 2.05) is 0 Å². The Labute approximate surface area is 195 Å². The first kappa shape index (κ1) is 26.7. The predicted molar refractivity (Wildman–Crippen MR) is 110 cm³/mol. The summed E-state index contributed by atoms with van der Waals surface area (Å²) in [6, 6.07) is 1.78. The van der Waals surface area contributed by atoms with Gasteiger partial charge in [0.1, 0.15) is 31.5 Å². The summed E-state index contributed by atoms with van der Waals surface area (Å²) in [4.78, 5) is 63.4. The van der Waals surface area contributed by atoms with Crippen LogP contribution >= 0.6 is 0 Å². The Hall–Kier alpha value is -3.58. The monoisotopic (exact) mass is 482 g/mol. The third kappa shape index (κ3) is 7.78. The summed E-state index contributed by atoms with van der Waals surface area (Å²) >= 11 is 0. The molecule has 5 atom stereocenters. The topological polar surface area (TPSA) is 166 Å². The van der Waals surface area contributed by atoms with Gasteiger partial charge in [-0.1, -0.05) is 0 Å². The van der Waals surface area contributed by atoms with Crippen LogP contribution in [0.5, 0.6) is 0 Å². The maximum Gasteiger partial charge on any atom is 0.331 e. The van der Waals surface area contributed by atoms with Gasteiger partial charge in [-0.05, 0) is 12.1 Å². The van der Waals surface area contributed by atoms with E-state index in [1.54, 1.807) is 0 Å². The summed E-state index contributed by atoms with van der Waals surface area (Å²) in [5.74, 6) is -3.53. The Morgan fingerprint density at radius 2 is 1.74 bits per heavy atom. The van der Waals surface area contributed by atoms with Crippen molar-refractivity contribution in [2.45, 2.75) is 51.4 Å². The lowest BCUT2D eigenvalue weighted by atomic mass is 9.95. The fourth-order valence-corrected chi connectivity index (χ4v) is 3.14. The minimum atomic E-state index is -1.45. The third-order valence-corrected chi connectivity index (χ3v) is 4.52. The molecule has 1 saturated heterocycles. The number of ether oxygens (including phenoxy) is 6. The molecule has 0 unspecified atom stereocenters. The Morgan fingerprint density at radius 1 is 1.03 bits per heavy atom. The highest BCUT2D eigenvalue weighted by molar-refractivity contribution is 5.94. The molecule has 13 nitrogen and oxygen atoms in total. The van der Waals surface area contributed by atoms with Crippen molar-refractivity contribution in [3.8, 4) is 0 Å². The standard InChI is InChI=1S/C21H26N2O11/c1-11(24)30-9-15-18(32-12(2)25)19(31-10-16(27)29-4)17(21(34-15)33-13(3)26)23-20(28)14-6-5-7-22-8-14/h5-8,15,17-19,21H,9-10H2,1-4H3,(H,23,28)/t15-,17+,18-,19-,21-/m1/s1. The molecule has 0 spiro atoms. The Morgan fingerprint density at radius 3 is 2.29 bits per heavy atom. The van der Waals surface area contributed by atoms with Gasteiger partial charge in [0.25, 0.3) is 5.91 Å². The molecule has 1 amide bonds. The number of carbonyl (C=O) groups excluding carboxylic acids is 5. The molecule has 1 aliphatic rings. The van der Waals surface area contributed by atoms with E-state index in [0.717, 1.165) is 27.9 Å². The van der Waals surface area contributed by atoms with Crippen LogP contribution in [0.3, 0.4) is 0 Å². The summed E-state index contributed by atoms with van der Waals surface area (Å²) in [6.07, 6.45) is -2.38. The van der Waals surface area contributed by atoms with Crippen LogP contribution in [0.15, 0.2) is 24.5 Å². The Kier molecular flexibility index (Phi) is 9.89. The molecule has 13 heteroatoms. The fraction of sp³-hybridized carbons (Fsp3) is 0.524. The van der Waals surface area contributed by atoms with Gasteiger partial charge in [-0.15, -0.1) is 0 Å². The van der Waals surface area contributed by atoms with E-state index in [9.17, 15) is 24.0 Å². The normalized spacial score (nSPS) is 23.8. The first-order valence-electron chi connectivity index (χ1n) is 10.1. The molecule has 0 aliphatic carbocycles. The molecule has 2 rings (SSSR count). The van der Waals surface area contributed by atoms with Crippen LogP contribution in [-0.4, -0.2) is 85.7 Å². The smallest absolute Gasteiger partial charge is 0.331 e. The van der Waals surface area contributed by atoms with E-state index in [2.05, 4.69) is 15.0 Å². The van der Waals surface area contributed by atoms with E-state index in [4.69, 9.17) is 23.7 Å². The molecule has 1 N–H and O–H groups in total. The van der Waals surface area contributed by atoms with Crippen molar-refractivity contribution in [1.29, 1.82) is 0 Å². The van der Waals surface area contributed by atoms with Crippen LogP contribution in [0.2, 0.25) is 0 Å². The van der Waals surface area contributed by atoms with Crippen molar-refractivity contribution in [2.24, 2.45) is 0 Å². The van der Waals surface area contributed by atoms with Gasteiger partial charge < -0.3 is 33.7 Å². The van der Waals surface area contributed by atoms with E-state index in [0.29, 0.717) is 0 Å². The van der Waals surface area contributed by atoms with Crippen LogP contribution < -0.4 is 5.32 Å². The van der Waals surface area contributed by atoms with Gasteiger partial charge in [0.2, 0.25) is 6.29 Å². The summed E-state index contributed by atoms with van der Waals surface area (Å²) in [7, 11) is 1.14. The minimum absolute atomic E-state index is 0.168. The molecule has 0 aromatic carbocycles. The van der Waals surface area contributed by atoms with Crippen molar-refractivity contribution in [2.75, 3.05) is 20.3 Å². The van der Waals surface area contributed by atoms with E-state index in [1.165, 1.54) is 24.5 Å². The minimum Gasteiger partial charge on any atom is -0.467 e. The van der Waals surface area contributed by atoms with Gasteiger partial charge in [0, 0.05) is 33.2 Å². The second-order valence-electron chi connectivity index (χ2n) is 7.12. The van der Waals surface area contributed by atoms with Gasteiger partial charge >= 0.3 is 23.9 Å². The fourth-order valence-electron chi connectivity index (χ4n) is 3.14. The molecule has 34 heavy (non-hydrogen) atoms. The maximum atomic E-state index is 12.8. The maximum absolute atomic E-state index is 12.8. The molecule has 1 aromatic rings. The zero-order chi connectivity index (χ0) is 25.3. The number of aromatic nitrogens is 1. The molecule has 1 aromatic heterocycles. The highest BCUT2D eigenvalue weighted by atomic mass is 16.7. The van der Waals surface area contributed by atoms with Crippen LogP contribution in [0, 0.1) is 0 Å². The number of hydrogen-bond donors (Lipinski definition) is 1. The molecule has 0 saturated carbocycles. The van der Waals surface area contributed by atoms with E-state index < -0.39 is 73.6 Å². The van der Waals surface area contributed by atoms with Crippen molar-refractivity contribution in [3.05, 3.63) is 30.1 Å². The predicted octanol–water partition coefficient (Wildman–Crippen LogP) is -0.479. The molecular formula is C21H26N2O11. The zero-order valence-electron chi connectivity index (χ0n) is 19.0. The molecule has 186 valence electrons. The van der Waals surface area contributed by atoms with Crippen molar-refractivity contribution in [3.63, 3.8) is 0 Å². The number of esters is 4. The summed E-state index contributed by atoms with van der Waals surface area (Å²) < 4.78 is 31.6. The number of nitrogens with one attached hydrogen (secondary N) is 1. The molecule has 1 aliphatic heterocycles. The van der Waals surface area contributed by atoms with Gasteiger partial charge in [-0.25, -0.2) is 4.79 Å². The highest BCUT2D eigenvalue weighted by Gasteiger charge is 2.51. The van der Waals surface area contributed by atoms with Crippen LogP contribution in [0.1, 0.15) is 31.1 Å². The first-order chi connectivity index (χ1) is 16.1. The van der Waals surface area contributed by atoms with Gasteiger partial charge in [0.05, 0.1) is 12.7 Å². The number of hydrogen-bond acceptors (Lipinski definition) is 12. The quantitative estimate of drug-likeness (QED) is 0.355. The molecular weight excluding hydrogens is 456 g/mol. The Bertz CT molecular complexity index is 892. The van der Waals surface area contributed by atoms with Gasteiger partial charge in [0.15, 0.2) is 6.10 Å². The van der Waals surface area contributed by atoms with Crippen LogP contribution in [-0.2, 0) is 47.6 Å². The number of carbonyl (C=O) groups is 5. The highest BCUT2D eigenvalue weighted by Crippen LogP contribution is 2.28. The second-order valence-corrected chi connectivity index (χ2v) is 7.12. The summed E-state index contributed by atoms with van der Waals surface area (Å²) in [5, 5.41) is 2.61. The molecule has 0 bridgehead atoms. The first-order valence-corrected chi connectivity index (χ1v) is 10.1. The zero-order valence-corrected chi connectivity index (χ0v) is 19.0. The largest absolute Gasteiger partial charge is 0.467 e. The number of methoxy groups -OCH3 is 1. The summed E-state index contributed by atoms with van der Waals surface area (Å²) in [5.41, 5.74) is 0.168. The second kappa shape index (κ2) is 12.6. The average Bonchev–Trinajstić information content (AvgIpc) is 2.78. The van der Waals surface area contributed by atoms with E-state index in [-0.39, 0.29) is 5.56 Å². The average molecular weight is 482 g/mol. The lowest BCUT2D eigenvalue weighted by Gasteiger charge is -2.44. The molecule has 0 radical (unpaired) electrons. The summed E-state index contributed by atoms with van der Waals surface area (Å²) in [6.45, 7) is 2.42. The molecule has 2 heterocycles. The lowest BCUT2D eigenvalue weighted by molar-refractivity contribution is -0.273. The van der Waals surface area contributed by atoms with E-state index >= 15 is 0 Å². The van der Waals surface area contributed by atoms with Crippen molar-refractivity contribution >= 4 is 29.8 Å². The van der Waals surface area contributed by atoms with Gasteiger partial charge in [-0.3, -0.25) is 24.2 Å². The van der Waals surface area contributed by atoms with Crippen molar-refractivity contribution in [1.82, 2.24) is 10.3 Å². The van der Waals surface area contributed by atoms with Crippen LogP contribution in [0.25, 0.3) is 0 Å². The number of pyridine rings is 1. The SMILES string of the molecule is COC(=O)CO[C@@H]1[C@H](NC(=O)c2cccnc2)[C@H](OC(C)=O)O[C@H](COC(C)=O)[C@H]1OC(C)=O. The third-order valence-electron chi connectivity index (χ3n) is 4.52. The lowest BCUT2D eigenvalue weighted by Crippen LogP contribution is -2.66.